The minimum atomic E-state index is -0.992. The maximum atomic E-state index is 2.68. The van der Waals surface area contributed by atoms with E-state index in [4.69, 9.17) is 0 Å². The van der Waals surface area contributed by atoms with Crippen molar-refractivity contribution in [2.75, 3.05) is 0 Å². The van der Waals surface area contributed by atoms with Crippen molar-refractivity contribution in [3.8, 4) is 0 Å². The van der Waals surface area contributed by atoms with Gasteiger partial charge < -0.3 is 0 Å². The summed E-state index contributed by atoms with van der Waals surface area (Å²) in [4.78, 5) is 4.35. The summed E-state index contributed by atoms with van der Waals surface area (Å²) in [5, 5.41) is 0. The van der Waals surface area contributed by atoms with Crippen molar-refractivity contribution in [1.29, 1.82) is 0 Å². The van der Waals surface area contributed by atoms with E-state index in [1.807, 2.05) is 0 Å². The third-order valence-electron chi connectivity index (χ3n) is 4.72. The van der Waals surface area contributed by atoms with Crippen LogP contribution in [0.4, 0.5) is 0 Å². The van der Waals surface area contributed by atoms with Crippen molar-refractivity contribution in [1.82, 2.24) is 0 Å². The van der Waals surface area contributed by atoms with Gasteiger partial charge in [0.05, 0.1) is 32.3 Å². The Kier molecular flexibility index (Phi) is 2.55. The maximum Gasteiger partial charge on any atom is 0.0679 e. The van der Waals surface area contributed by atoms with Gasteiger partial charge in [-0.1, -0.05) is 73.4 Å². The second kappa shape index (κ2) is 3.13. The molecule has 0 spiro atoms. The van der Waals surface area contributed by atoms with Gasteiger partial charge in [0.15, 0.2) is 0 Å². The summed E-state index contributed by atoms with van der Waals surface area (Å²) >= 11 is 0. The molecule has 2 rings (SSSR count). The Morgan fingerprint density at radius 2 is 0.688 bits per heavy atom. The van der Waals surface area contributed by atoms with Gasteiger partial charge in [0.2, 0.25) is 0 Å². The van der Waals surface area contributed by atoms with E-state index in [1.54, 1.807) is 11.3 Å². The van der Waals surface area contributed by atoms with Crippen molar-refractivity contribution in [3.05, 3.63) is 9.64 Å². The van der Waals surface area contributed by atoms with Crippen LogP contribution in [0.5, 0.6) is 0 Å². The van der Waals surface area contributed by atoms with Gasteiger partial charge in [-0.05, 0) is 0 Å². The molecular formula is C12H28Si4. The number of hydrogen-bond donors (Lipinski definition) is 0. The van der Waals surface area contributed by atoms with Gasteiger partial charge in [0.25, 0.3) is 0 Å². The average Bonchev–Trinajstić information content (AvgIpc) is 2.23. The molecule has 0 amide bonds. The molecule has 0 N–H and O–H groups in total. The van der Waals surface area contributed by atoms with E-state index in [2.05, 4.69) is 62.0 Å². The monoisotopic (exact) mass is 284 g/mol. The van der Waals surface area contributed by atoms with Crippen LogP contribution in [0.1, 0.15) is 0 Å². The highest BCUT2D eigenvalue weighted by atomic mass is 28.5. The Balaban J connectivity index is 2.68. The second-order valence-electron chi connectivity index (χ2n) is 8.64. The van der Waals surface area contributed by atoms with E-state index in [9.17, 15) is 0 Å². The molecule has 16 heavy (non-hydrogen) atoms. The third kappa shape index (κ3) is 1.64. The van der Waals surface area contributed by atoms with E-state index < -0.39 is 32.3 Å². The summed E-state index contributed by atoms with van der Waals surface area (Å²) in [7, 11) is -3.97. The van der Waals surface area contributed by atoms with Gasteiger partial charge in [0, 0.05) is 0 Å². The van der Waals surface area contributed by atoms with E-state index >= 15 is 0 Å². The summed E-state index contributed by atoms with van der Waals surface area (Å²) in [5.74, 6) is 0. The molecule has 0 aliphatic carbocycles. The van der Waals surface area contributed by atoms with E-state index in [1.165, 1.54) is 0 Å². The van der Waals surface area contributed by atoms with Crippen LogP contribution in [-0.2, 0) is 0 Å². The summed E-state index contributed by atoms with van der Waals surface area (Å²) < 4.78 is 0. The molecular weight excluding hydrogens is 256 g/mol. The Morgan fingerprint density at radius 1 is 0.500 bits per heavy atom. The lowest BCUT2D eigenvalue weighted by atomic mass is 11.2. The summed E-state index contributed by atoms with van der Waals surface area (Å²) in [6, 6.07) is 0. The minimum absolute atomic E-state index is 0.992. The van der Waals surface area contributed by atoms with Crippen molar-refractivity contribution in [2.45, 2.75) is 63.7 Å². The molecule has 0 fully saturated rings. The molecule has 0 nitrogen and oxygen atoms in total. The zero-order chi connectivity index (χ0) is 12.6. The Morgan fingerprint density at radius 3 is 0.875 bits per heavy atom. The lowest BCUT2D eigenvalue weighted by Crippen LogP contribution is -2.47. The average molecular weight is 285 g/mol. The molecule has 2 aliphatic heterocycles. The smallest absolute Gasteiger partial charge is 0.0679 e. The summed E-state index contributed by atoms with van der Waals surface area (Å²) in [6.45, 7) is 21.4. The van der Waals surface area contributed by atoms with Gasteiger partial charge in [-0.15, -0.1) is 0 Å². The van der Waals surface area contributed by atoms with Crippen LogP contribution in [0.25, 0.3) is 0 Å². The molecule has 0 aromatic heterocycles. The van der Waals surface area contributed by atoms with Crippen molar-refractivity contribution in [3.63, 3.8) is 0 Å². The highest BCUT2D eigenvalue weighted by molar-refractivity contribution is 7.29. The molecule has 4 heteroatoms. The first kappa shape index (κ1) is 13.0. The van der Waals surface area contributed by atoms with Gasteiger partial charge in [-0.2, -0.15) is 0 Å². The molecule has 0 aromatic carbocycles. The van der Waals surface area contributed by atoms with Crippen LogP contribution in [0.2, 0.25) is 63.7 Å². The van der Waals surface area contributed by atoms with Crippen LogP contribution in [0.15, 0.2) is 9.64 Å². The van der Waals surface area contributed by atoms with Crippen LogP contribution in [0, 0.1) is 0 Å². The van der Waals surface area contributed by atoms with Crippen molar-refractivity contribution >= 4 is 32.3 Å². The maximum absolute atomic E-state index is 2.68. The van der Waals surface area contributed by atoms with Crippen LogP contribution in [-0.4, -0.2) is 32.3 Å². The molecule has 0 bridgehead atoms. The van der Waals surface area contributed by atoms with E-state index in [-0.39, 0.29) is 0 Å². The normalized spacial score (nSPS) is 33.0. The predicted molar refractivity (Wildman–Crippen MR) is 86.6 cm³/mol. The quantitative estimate of drug-likeness (QED) is 0.579. The van der Waals surface area contributed by atoms with Gasteiger partial charge in [-0.25, -0.2) is 0 Å². The second-order valence-corrected chi connectivity index (χ2v) is 29.5. The number of hydrogen-bond acceptors (Lipinski definition) is 0. The van der Waals surface area contributed by atoms with E-state index in [0.717, 1.165) is 0 Å². The standard InChI is InChI=1S/C12H28Si4/c1-13(2)9-14(3,4)12-11(13)15(5,6)10-16(12,7)8/h9-10H2,1-8H3. The summed E-state index contributed by atoms with van der Waals surface area (Å²) in [6.07, 6.45) is 0. The lowest BCUT2D eigenvalue weighted by Gasteiger charge is -2.35. The van der Waals surface area contributed by atoms with Crippen molar-refractivity contribution < 1.29 is 0 Å². The molecule has 0 aromatic rings. The fourth-order valence-electron chi connectivity index (χ4n) is 5.75. The summed E-state index contributed by atoms with van der Waals surface area (Å²) in [5.41, 5.74) is 3.33. The van der Waals surface area contributed by atoms with Crippen LogP contribution in [0.3, 0.4) is 0 Å². The Labute approximate surface area is 106 Å². The SMILES string of the molecule is C[Si]1(C)C[Si](C)(C)C2=C1[Si](C)(C)C[Si]2(C)C. The first-order chi connectivity index (χ1) is 6.90. The topological polar surface area (TPSA) is 0 Å². The fourth-order valence-corrected chi connectivity index (χ4v) is 54.9. The third-order valence-corrected chi connectivity index (χ3v) is 34.4. The minimum Gasteiger partial charge on any atom is -0.0991 e. The molecule has 2 aliphatic rings. The van der Waals surface area contributed by atoms with Crippen molar-refractivity contribution in [2.24, 2.45) is 0 Å². The Bertz CT molecular complexity index is 306. The zero-order valence-electron chi connectivity index (χ0n) is 12.4. The van der Waals surface area contributed by atoms with Gasteiger partial charge in [-0.3, -0.25) is 0 Å². The molecule has 0 saturated carbocycles. The lowest BCUT2D eigenvalue weighted by molar-refractivity contribution is 1.54. The highest BCUT2D eigenvalue weighted by Gasteiger charge is 2.60. The largest absolute Gasteiger partial charge is 0.0991 e. The molecule has 0 atom stereocenters. The molecule has 0 saturated heterocycles. The highest BCUT2D eigenvalue weighted by Crippen LogP contribution is 2.55. The first-order valence-corrected chi connectivity index (χ1v) is 19.5. The van der Waals surface area contributed by atoms with Gasteiger partial charge in [0.1, 0.15) is 0 Å². The van der Waals surface area contributed by atoms with Crippen LogP contribution < -0.4 is 0 Å². The molecule has 0 unspecified atom stereocenters. The number of rotatable bonds is 0. The van der Waals surface area contributed by atoms with E-state index in [0.29, 0.717) is 0 Å². The van der Waals surface area contributed by atoms with Gasteiger partial charge >= 0.3 is 0 Å². The van der Waals surface area contributed by atoms with Crippen LogP contribution >= 0.6 is 0 Å². The molecule has 2 heterocycles. The Hall–Kier alpha value is 0.608. The first-order valence-electron chi connectivity index (χ1n) is 6.66. The fraction of sp³-hybridized carbons (Fsp3) is 0.833. The molecule has 0 radical (unpaired) electrons. The molecule has 92 valence electrons. The zero-order valence-corrected chi connectivity index (χ0v) is 16.4. The predicted octanol–water partition coefficient (Wildman–Crippen LogP) is 4.38.